The number of amides is 1. The molecule has 0 aliphatic heterocycles. The second kappa shape index (κ2) is 6.37. The molecule has 1 amide bonds. The van der Waals surface area contributed by atoms with Crippen molar-refractivity contribution in [3.63, 3.8) is 0 Å². The minimum absolute atomic E-state index is 0. The fourth-order valence-corrected chi connectivity index (χ4v) is 1.69. The lowest BCUT2D eigenvalue weighted by Gasteiger charge is -2.10. The molecule has 1 atom stereocenters. The van der Waals surface area contributed by atoms with Crippen molar-refractivity contribution in [2.75, 3.05) is 6.54 Å². The predicted molar refractivity (Wildman–Crippen MR) is 73.7 cm³/mol. The zero-order valence-corrected chi connectivity index (χ0v) is 11.0. The number of hydrogen-bond acceptors (Lipinski definition) is 3. The molecule has 0 fully saturated rings. The van der Waals surface area contributed by atoms with Gasteiger partial charge in [0.2, 0.25) is 5.91 Å². The summed E-state index contributed by atoms with van der Waals surface area (Å²) in [6.07, 6.45) is 0.296. The summed E-state index contributed by atoms with van der Waals surface area (Å²) < 4.78 is 0. The van der Waals surface area contributed by atoms with Crippen LogP contribution in [0, 0.1) is 0 Å². The Hall–Kier alpha value is -1.59. The molecule has 0 aliphatic rings. The van der Waals surface area contributed by atoms with Gasteiger partial charge in [-0.15, -0.1) is 12.4 Å². The predicted octanol–water partition coefficient (Wildman–Crippen LogP) is 0.991. The number of carbonyl (C=O) groups excluding carboxylic acids is 1. The molecular weight excluding hydrogens is 252 g/mol. The SMILES string of the molecule is C[C@@H](CN)NC(=O)Cc1[nH]nc2ccccc12.Cl. The molecule has 1 aromatic heterocycles. The number of aromatic amines is 1. The maximum absolute atomic E-state index is 11.7. The van der Waals surface area contributed by atoms with Crippen molar-refractivity contribution >= 4 is 29.2 Å². The molecule has 4 N–H and O–H groups in total. The number of rotatable bonds is 4. The van der Waals surface area contributed by atoms with Crippen LogP contribution in [0.5, 0.6) is 0 Å². The van der Waals surface area contributed by atoms with Crippen LogP contribution in [0.25, 0.3) is 10.9 Å². The van der Waals surface area contributed by atoms with Gasteiger partial charge in [-0.3, -0.25) is 9.89 Å². The first kappa shape index (κ1) is 14.5. The summed E-state index contributed by atoms with van der Waals surface area (Å²) in [5.41, 5.74) is 7.16. The van der Waals surface area contributed by atoms with E-state index >= 15 is 0 Å². The van der Waals surface area contributed by atoms with Crippen molar-refractivity contribution in [3.8, 4) is 0 Å². The van der Waals surface area contributed by atoms with Crippen molar-refractivity contribution in [1.82, 2.24) is 15.5 Å². The molecular formula is C12H17ClN4O. The van der Waals surface area contributed by atoms with Crippen LogP contribution in [0.3, 0.4) is 0 Å². The van der Waals surface area contributed by atoms with Crippen molar-refractivity contribution in [2.24, 2.45) is 5.73 Å². The van der Waals surface area contributed by atoms with Crippen LogP contribution >= 0.6 is 12.4 Å². The molecule has 2 rings (SSSR count). The molecule has 98 valence electrons. The van der Waals surface area contributed by atoms with Gasteiger partial charge in [-0.05, 0) is 13.0 Å². The largest absolute Gasteiger partial charge is 0.352 e. The fourth-order valence-electron chi connectivity index (χ4n) is 1.69. The Kier molecular flexibility index (Phi) is 5.12. The Morgan fingerprint density at radius 1 is 1.50 bits per heavy atom. The van der Waals surface area contributed by atoms with Crippen molar-refractivity contribution in [3.05, 3.63) is 30.0 Å². The number of para-hydroxylation sites is 1. The van der Waals surface area contributed by atoms with E-state index in [4.69, 9.17) is 5.73 Å². The topological polar surface area (TPSA) is 83.8 Å². The van der Waals surface area contributed by atoms with Gasteiger partial charge in [0, 0.05) is 18.0 Å². The van der Waals surface area contributed by atoms with E-state index in [0.717, 1.165) is 16.6 Å². The summed E-state index contributed by atoms with van der Waals surface area (Å²) in [6.45, 7) is 2.32. The van der Waals surface area contributed by atoms with E-state index in [1.807, 2.05) is 31.2 Å². The number of nitrogens with one attached hydrogen (secondary N) is 2. The molecule has 1 aromatic carbocycles. The van der Waals surface area contributed by atoms with E-state index in [1.165, 1.54) is 0 Å². The smallest absolute Gasteiger partial charge is 0.226 e. The minimum atomic E-state index is -0.0441. The average molecular weight is 269 g/mol. The molecule has 0 saturated heterocycles. The molecule has 18 heavy (non-hydrogen) atoms. The van der Waals surface area contributed by atoms with E-state index in [1.54, 1.807) is 0 Å². The van der Waals surface area contributed by atoms with Gasteiger partial charge < -0.3 is 11.1 Å². The number of hydrogen-bond donors (Lipinski definition) is 3. The molecule has 0 radical (unpaired) electrons. The number of nitrogens with two attached hydrogens (primary N) is 1. The van der Waals surface area contributed by atoms with Crippen molar-refractivity contribution < 1.29 is 4.79 Å². The first-order chi connectivity index (χ1) is 8.20. The van der Waals surface area contributed by atoms with Gasteiger partial charge in [-0.2, -0.15) is 5.10 Å². The van der Waals surface area contributed by atoms with Gasteiger partial charge >= 0.3 is 0 Å². The summed E-state index contributed by atoms with van der Waals surface area (Å²) in [5.74, 6) is -0.0441. The lowest BCUT2D eigenvalue weighted by atomic mass is 10.1. The fraction of sp³-hybridized carbons (Fsp3) is 0.333. The number of halogens is 1. The molecule has 1 heterocycles. The lowest BCUT2D eigenvalue weighted by molar-refractivity contribution is -0.121. The molecule has 0 bridgehead atoms. The van der Waals surface area contributed by atoms with Crippen LogP contribution in [0.15, 0.2) is 24.3 Å². The van der Waals surface area contributed by atoms with Gasteiger partial charge in [0.1, 0.15) is 0 Å². The molecule has 0 unspecified atom stereocenters. The van der Waals surface area contributed by atoms with Crippen LogP contribution in [0.1, 0.15) is 12.6 Å². The highest BCUT2D eigenvalue weighted by Crippen LogP contribution is 2.15. The van der Waals surface area contributed by atoms with E-state index in [0.29, 0.717) is 13.0 Å². The van der Waals surface area contributed by atoms with Crippen molar-refractivity contribution in [2.45, 2.75) is 19.4 Å². The minimum Gasteiger partial charge on any atom is -0.352 e. The first-order valence-corrected chi connectivity index (χ1v) is 5.62. The molecule has 6 heteroatoms. The monoisotopic (exact) mass is 268 g/mol. The van der Waals surface area contributed by atoms with Gasteiger partial charge in [-0.1, -0.05) is 18.2 Å². The summed E-state index contributed by atoms with van der Waals surface area (Å²) in [5, 5.41) is 10.8. The number of H-pyrrole nitrogens is 1. The summed E-state index contributed by atoms with van der Waals surface area (Å²) in [6, 6.07) is 7.71. The molecule has 0 aliphatic carbocycles. The van der Waals surface area contributed by atoms with Crippen LogP contribution < -0.4 is 11.1 Å². The third-order valence-corrected chi connectivity index (χ3v) is 2.64. The van der Waals surface area contributed by atoms with Gasteiger partial charge in [0.15, 0.2) is 0 Å². The lowest BCUT2D eigenvalue weighted by Crippen LogP contribution is -2.38. The Labute approximate surface area is 112 Å². The van der Waals surface area contributed by atoms with Crippen LogP contribution in [0.4, 0.5) is 0 Å². The Morgan fingerprint density at radius 2 is 2.22 bits per heavy atom. The zero-order chi connectivity index (χ0) is 12.3. The molecule has 5 nitrogen and oxygen atoms in total. The quantitative estimate of drug-likeness (QED) is 0.773. The number of aromatic nitrogens is 2. The average Bonchev–Trinajstić information content (AvgIpc) is 2.72. The number of fused-ring (bicyclic) bond motifs is 1. The molecule has 2 aromatic rings. The van der Waals surface area contributed by atoms with E-state index in [9.17, 15) is 4.79 Å². The van der Waals surface area contributed by atoms with Gasteiger partial charge in [0.05, 0.1) is 17.6 Å². The first-order valence-electron chi connectivity index (χ1n) is 5.62. The second-order valence-corrected chi connectivity index (χ2v) is 4.10. The Bertz CT molecular complexity index is 526. The number of carbonyl (C=O) groups is 1. The Morgan fingerprint density at radius 3 is 2.94 bits per heavy atom. The highest BCUT2D eigenvalue weighted by molar-refractivity contribution is 5.87. The van der Waals surface area contributed by atoms with E-state index in [2.05, 4.69) is 15.5 Å². The van der Waals surface area contributed by atoms with E-state index in [-0.39, 0.29) is 24.4 Å². The normalized spacial score (nSPS) is 11.9. The number of nitrogens with zero attached hydrogens (tertiary/aromatic N) is 1. The van der Waals surface area contributed by atoms with Crippen LogP contribution in [-0.2, 0) is 11.2 Å². The molecule has 0 spiro atoms. The van der Waals surface area contributed by atoms with Gasteiger partial charge in [0.25, 0.3) is 0 Å². The third-order valence-electron chi connectivity index (χ3n) is 2.64. The van der Waals surface area contributed by atoms with E-state index < -0.39 is 0 Å². The summed E-state index contributed by atoms with van der Waals surface area (Å²) >= 11 is 0. The highest BCUT2D eigenvalue weighted by Gasteiger charge is 2.10. The number of benzene rings is 1. The maximum Gasteiger partial charge on any atom is 0.226 e. The molecule has 0 saturated carbocycles. The standard InChI is InChI=1S/C12H16N4O.ClH/c1-8(7-13)14-12(17)6-11-9-4-2-3-5-10(9)15-16-11;/h2-5,8H,6-7,13H2,1H3,(H,14,17)(H,15,16);1H/t8-;/m0./s1. The van der Waals surface area contributed by atoms with Crippen molar-refractivity contribution in [1.29, 1.82) is 0 Å². The van der Waals surface area contributed by atoms with Crippen LogP contribution in [0.2, 0.25) is 0 Å². The maximum atomic E-state index is 11.7. The third kappa shape index (κ3) is 3.21. The highest BCUT2D eigenvalue weighted by atomic mass is 35.5. The van der Waals surface area contributed by atoms with Crippen LogP contribution in [-0.4, -0.2) is 28.7 Å². The van der Waals surface area contributed by atoms with Gasteiger partial charge in [-0.25, -0.2) is 0 Å². The Balaban J connectivity index is 0.00000162. The summed E-state index contributed by atoms with van der Waals surface area (Å²) in [7, 11) is 0. The zero-order valence-electron chi connectivity index (χ0n) is 10.1. The summed E-state index contributed by atoms with van der Waals surface area (Å²) in [4.78, 5) is 11.7. The second-order valence-electron chi connectivity index (χ2n) is 4.10.